The van der Waals surface area contributed by atoms with Crippen LogP contribution >= 0.6 is 0 Å². The minimum absolute atomic E-state index is 0.0314. The third-order valence-electron chi connectivity index (χ3n) is 6.91. The molecule has 0 aromatic heterocycles. The number of alkyl carbamates (subject to hydrolysis) is 1. The molecule has 1 saturated carbocycles. The number of rotatable bonds is 9. The maximum atomic E-state index is 13.1. The molecule has 4 rings (SSSR count). The van der Waals surface area contributed by atoms with Crippen LogP contribution in [0.4, 0.5) is 4.79 Å². The Morgan fingerprint density at radius 1 is 1.09 bits per heavy atom. The lowest BCUT2D eigenvalue weighted by Gasteiger charge is -2.31. The summed E-state index contributed by atoms with van der Waals surface area (Å²) in [7, 11) is 0. The van der Waals surface area contributed by atoms with Crippen LogP contribution in [0.25, 0.3) is 11.1 Å². The average Bonchev–Trinajstić information content (AvgIpc) is 3.55. The smallest absolute Gasteiger partial charge is 0.407 e. The van der Waals surface area contributed by atoms with Crippen LogP contribution < -0.4 is 5.32 Å². The molecule has 0 bridgehead atoms. The number of benzene rings is 2. The van der Waals surface area contributed by atoms with E-state index in [4.69, 9.17) is 4.74 Å². The van der Waals surface area contributed by atoms with Gasteiger partial charge < -0.3 is 20.1 Å². The van der Waals surface area contributed by atoms with Crippen LogP contribution in [0.15, 0.2) is 48.5 Å². The van der Waals surface area contributed by atoms with Gasteiger partial charge in [0.15, 0.2) is 0 Å². The lowest BCUT2D eigenvalue weighted by molar-refractivity contribution is -0.148. The average molecular weight is 451 g/mol. The first kappa shape index (κ1) is 22.8. The first-order chi connectivity index (χ1) is 15.9. The molecule has 2 aliphatic carbocycles. The van der Waals surface area contributed by atoms with E-state index in [0.717, 1.165) is 22.3 Å². The molecule has 0 aliphatic heterocycles. The largest absolute Gasteiger partial charge is 0.480 e. The third kappa shape index (κ3) is 4.58. The van der Waals surface area contributed by atoms with E-state index in [9.17, 15) is 19.5 Å². The topological polar surface area (TPSA) is 95.9 Å². The van der Waals surface area contributed by atoms with Gasteiger partial charge in [0.05, 0.1) is 5.41 Å². The van der Waals surface area contributed by atoms with Crippen LogP contribution in [0, 0.1) is 5.41 Å². The van der Waals surface area contributed by atoms with E-state index in [1.165, 1.54) is 4.90 Å². The van der Waals surface area contributed by atoms with Crippen LogP contribution in [-0.4, -0.2) is 53.7 Å². The summed E-state index contributed by atoms with van der Waals surface area (Å²) < 4.78 is 5.57. The molecule has 2 aromatic carbocycles. The number of hydrogen-bond donors (Lipinski definition) is 2. The van der Waals surface area contributed by atoms with Crippen LogP contribution in [0.2, 0.25) is 0 Å². The summed E-state index contributed by atoms with van der Waals surface area (Å²) in [4.78, 5) is 38.3. The molecular formula is C26H30N2O5. The maximum absolute atomic E-state index is 13.1. The SMILES string of the molecule is CCC(C)N(CC(=O)O)C(=O)C1(CNC(=O)OCC2c3ccccc3-c3ccccc32)CC1. The maximum Gasteiger partial charge on any atom is 0.407 e. The Kier molecular flexibility index (Phi) is 6.40. The summed E-state index contributed by atoms with van der Waals surface area (Å²) in [6, 6.07) is 16.1. The molecule has 2 aliphatic rings. The van der Waals surface area contributed by atoms with Gasteiger partial charge >= 0.3 is 12.1 Å². The van der Waals surface area contributed by atoms with Crippen molar-refractivity contribution in [2.45, 2.75) is 45.1 Å². The first-order valence-electron chi connectivity index (χ1n) is 11.5. The first-order valence-corrected chi connectivity index (χ1v) is 11.5. The number of carboxylic acid groups (broad SMARTS) is 1. The van der Waals surface area contributed by atoms with Crippen molar-refractivity contribution in [2.75, 3.05) is 19.7 Å². The Balaban J connectivity index is 1.36. The summed E-state index contributed by atoms with van der Waals surface area (Å²) in [6.45, 7) is 3.78. The Bertz CT molecular complexity index is 1020. The Morgan fingerprint density at radius 3 is 2.18 bits per heavy atom. The zero-order valence-electron chi connectivity index (χ0n) is 19.0. The fraction of sp³-hybridized carbons (Fsp3) is 0.423. The third-order valence-corrected chi connectivity index (χ3v) is 6.91. The minimum Gasteiger partial charge on any atom is -0.480 e. The van der Waals surface area contributed by atoms with E-state index in [2.05, 4.69) is 29.6 Å². The zero-order valence-corrected chi connectivity index (χ0v) is 19.0. The highest BCUT2D eigenvalue weighted by Gasteiger charge is 2.52. The fourth-order valence-corrected chi connectivity index (χ4v) is 4.61. The van der Waals surface area contributed by atoms with Crippen LogP contribution in [0.5, 0.6) is 0 Å². The zero-order chi connectivity index (χ0) is 23.6. The summed E-state index contributed by atoms with van der Waals surface area (Å²) in [5.41, 5.74) is 3.86. The van der Waals surface area contributed by atoms with E-state index in [1.807, 2.05) is 38.1 Å². The molecule has 1 fully saturated rings. The van der Waals surface area contributed by atoms with Gasteiger partial charge in [0, 0.05) is 18.5 Å². The van der Waals surface area contributed by atoms with E-state index < -0.39 is 17.5 Å². The van der Waals surface area contributed by atoms with Gasteiger partial charge in [0.25, 0.3) is 0 Å². The van der Waals surface area contributed by atoms with Gasteiger partial charge in [-0.3, -0.25) is 9.59 Å². The molecule has 0 radical (unpaired) electrons. The van der Waals surface area contributed by atoms with Gasteiger partial charge in [-0.25, -0.2) is 4.79 Å². The number of hydrogen-bond acceptors (Lipinski definition) is 4. The molecule has 2 N–H and O–H groups in total. The second-order valence-corrected chi connectivity index (χ2v) is 9.04. The molecule has 0 spiro atoms. The molecule has 174 valence electrons. The second kappa shape index (κ2) is 9.25. The quantitative estimate of drug-likeness (QED) is 0.602. The Hall–Kier alpha value is -3.35. The van der Waals surface area contributed by atoms with Gasteiger partial charge in [-0.1, -0.05) is 55.5 Å². The lowest BCUT2D eigenvalue weighted by Crippen LogP contribution is -2.48. The van der Waals surface area contributed by atoms with Crippen molar-refractivity contribution < 1.29 is 24.2 Å². The summed E-state index contributed by atoms with van der Waals surface area (Å²) in [6.07, 6.45) is 1.35. The van der Waals surface area contributed by atoms with E-state index in [-0.39, 0.29) is 37.6 Å². The van der Waals surface area contributed by atoms with Gasteiger partial charge in [0.2, 0.25) is 5.91 Å². The number of nitrogens with one attached hydrogen (secondary N) is 1. The Labute approximate surface area is 193 Å². The molecule has 7 heteroatoms. The number of carboxylic acids is 1. The van der Waals surface area contributed by atoms with Crippen LogP contribution in [0.3, 0.4) is 0 Å². The number of nitrogens with zero attached hydrogens (tertiary/aromatic N) is 1. The van der Waals surface area contributed by atoms with E-state index in [0.29, 0.717) is 19.3 Å². The molecule has 1 atom stereocenters. The summed E-state index contributed by atoms with van der Waals surface area (Å²) in [5, 5.41) is 12.0. The van der Waals surface area contributed by atoms with Crippen molar-refractivity contribution in [3.63, 3.8) is 0 Å². The number of carbonyl (C=O) groups excluding carboxylic acids is 2. The predicted molar refractivity (Wildman–Crippen MR) is 124 cm³/mol. The van der Waals surface area contributed by atoms with Gasteiger partial charge in [-0.15, -0.1) is 0 Å². The molecule has 2 aromatic rings. The standard InChI is InChI=1S/C26H30N2O5/c1-3-17(2)28(14-23(29)30)24(31)26(12-13-26)16-27-25(32)33-15-22-20-10-6-4-8-18(20)19-9-5-7-11-21(19)22/h4-11,17,22H,3,12-16H2,1-2H3,(H,27,32)(H,29,30). The van der Waals surface area contributed by atoms with E-state index >= 15 is 0 Å². The van der Waals surface area contributed by atoms with Gasteiger partial charge in [0.1, 0.15) is 13.2 Å². The lowest BCUT2D eigenvalue weighted by atomic mass is 9.98. The van der Waals surface area contributed by atoms with Crippen molar-refractivity contribution in [3.8, 4) is 11.1 Å². The number of ether oxygens (including phenoxy) is 1. The van der Waals surface area contributed by atoms with Crippen molar-refractivity contribution >= 4 is 18.0 Å². The highest BCUT2D eigenvalue weighted by atomic mass is 16.5. The number of amides is 2. The van der Waals surface area contributed by atoms with Gasteiger partial charge in [-0.2, -0.15) is 0 Å². The number of carbonyl (C=O) groups is 3. The highest BCUT2D eigenvalue weighted by Crippen LogP contribution is 2.47. The summed E-state index contributed by atoms with van der Waals surface area (Å²) in [5.74, 6) is -1.28. The highest BCUT2D eigenvalue weighted by molar-refractivity contribution is 5.89. The van der Waals surface area contributed by atoms with Crippen molar-refractivity contribution in [2.24, 2.45) is 5.41 Å². The molecule has 2 amide bonds. The summed E-state index contributed by atoms with van der Waals surface area (Å²) >= 11 is 0. The molecule has 7 nitrogen and oxygen atoms in total. The van der Waals surface area contributed by atoms with Crippen LogP contribution in [-0.2, 0) is 14.3 Å². The molecule has 33 heavy (non-hydrogen) atoms. The predicted octanol–water partition coefficient (Wildman–Crippen LogP) is 4.02. The van der Waals surface area contributed by atoms with Crippen molar-refractivity contribution in [1.82, 2.24) is 10.2 Å². The normalized spacial score (nSPS) is 16.3. The number of aliphatic carboxylic acids is 1. The van der Waals surface area contributed by atoms with Crippen molar-refractivity contribution in [1.29, 1.82) is 0 Å². The minimum atomic E-state index is -1.04. The number of fused-ring (bicyclic) bond motifs is 3. The van der Waals surface area contributed by atoms with Crippen molar-refractivity contribution in [3.05, 3.63) is 59.7 Å². The second-order valence-electron chi connectivity index (χ2n) is 9.04. The monoisotopic (exact) mass is 450 g/mol. The molecule has 1 unspecified atom stereocenters. The van der Waals surface area contributed by atoms with Crippen LogP contribution in [0.1, 0.15) is 50.2 Å². The molecule has 0 heterocycles. The Morgan fingerprint density at radius 2 is 1.67 bits per heavy atom. The van der Waals surface area contributed by atoms with E-state index in [1.54, 1.807) is 0 Å². The molecular weight excluding hydrogens is 420 g/mol. The molecule has 0 saturated heterocycles. The van der Waals surface area contributed by atoms with Gasteiger partial charge in [-0.05, 0) is 48.4 Å². The fourth-order valence-electron chi connectivity index (χ4n) is 4.61.